The Balaban J connectivity index is 1.65. The zero-order valence-electron chi connectivity index (χ0n) is 16.1. The Hall–Kier alpha value is -2.83. The SMILES string of the molecule is CN(C)C(=O)c1cc(NC(=O)c2ccc(SCc3cccnc3)cc2)ccc1Cl. The number of hydrogen-bond acceptors (Lipinski definition) is 4. The lowest BCUT2D eigenvalue weighted by Gasteiger charge is -2.13. The van der Waals surface area contributed by atoms with Crippen LogP contribution in [0.4, 0.5) is 5.69 Å². The second kappa shape index (κ2) is 9.58. The van der Waals surface area contributed by atoms with Gasteiger partial charge in [-0.3, -0.25) is 14.6 Å². The second-order valence-corrected chi connectivity index (χ2v) is 7.98. The molecule has 0 aliphatic carbocycles. The summed E-state index contributed by atoms with van der Waals surface area (Å²) in [5.41, 5.74) is 2.53. The summed E-state index contributed by atoms with van der Waals surface area (Å²) >= 11 is 7.79. The molecule has 0 bridgehead atoms. The third-order valence-corrected chi connectivity index (χ3v) is 5.52. The van der Waals surface area contributed by atoms with Gasteiger partial charge in [-0.05, 0) is 54.1 Å². The number of hydrogen-bond donors (Lipinski definition) is 1. The number of thioether (sulfide) groups is 1. The van der Waals surface area contributed by atoms with Gasteiger partial charge in [0.15, 0.2) is 0 Å². The molecule has 0 spiro atoms. The number of halogens is 1. The summed E-state index contributed by atoms with van der Waals surface area (Å²) in [5.74, 6) is 0.341. The van der Waals surface area contributed by atoms with E-state index in [1.165, 1.54) is 4.90 Å². The number of nitrogens with one attached hydrogen (secondary N) is 1. The van der Waals surface area contributed by atoms with E-state index in [-0.39, 0.29) is 11.8 Å². The van der Waals surface area contributed by atoms with Crippen LogP contribution in [0.25, 0.3) is 0 Å². The number of carbonyl (C=O) groups excluding carboxylic acids is 2. The van der Waals surface area contributed by atoms with Crippen LogP contribution in [0.1, 0.15) is 26.3 Å². The van der Waals surface area contributed by atoms with Gasteiger partial charge in [-0.2, -0.15) is 0 Å². The van der Waals surface area contributed by atoms with Crippen molar-refractivity contribution in [2.45, 2.75) is 10.6 Å². The maximum Gasteiger partial charge on any atom is 0.255 e. The summed E-state index contributed by atoms with van der Waals surface area (Å²) < 4.78 is 0. The molecule has 5 nitrogen and oxygen atoms in total. The minimum Gasteiger partial charge on any atom is -0.345 e. The number of rotatable bonds is 6. The maximum absolute atomic E-state index is 12.6. The van der Waals surface area contributed by atoms with Crippen LogP contribution in [0.5, 0.6) is 0 Å². The third-order valence-electron chi connectivity index (χ3n) is 4.11. The van der Waals surface area contributed by atoms with Gasteiger partial charge < -0.3 is 10.2 Å². The molecule has 0 atom stereocenters. The monoisotopic (exact) mass is 425 g/mol. The molecule has 29 heavy (non-hydrogen) atoms. The molecule has 0 saturated heterocycles. The van der Waals surface area contributed by atoms with Gasteiger partial charge in [0.2, 0.25) is 0 Å². The fraction of sp³-hybridized carbons (Fsp3) is 0.136. The molecule has 1 heterocycles. The van der Waals surface area contributed by atoms with E-state index < -0.39 is 0 Å². The summed E-state index contributed by atoms with van der Waals surface area (Å²) in [5, 5.41) is 3.16. The van der Waals surface area contributed by atoms with Crippen LogP contribution < -0.4 is 5.32 Å². The number of carbonyl (C=O) groups is 2. The van der Waals surface area contributed by atoms with Gasteiger partial charge in [-0.15, -0.1) is 11.8 Å². The first kappa shape index (κ1) is 20.9. The topological polar surface area (TPSA) is 62.3 Å². The third kappa shape index (κ3) is 5.59. The summed E-state index contributed by atoms with van der Waals surface area (Å²) in [7, 11) is 3.30. The van der Waals surface area contributed by atoms with Gasteiger partial charge in [-0.1, -0.05) is 17.7 Å². The van der Waals surface area contributed by atoms with Crippen LogP contribution in [-0.2, 0) is 5.75 Å². The molecular weight excluding hydrogens is 406 g/mol. The minimum atomic E-state index is -0.251. The Labute approximate surface area is 179 Å². The average molecular weight is 426 g/mol. The normalized spacial score (nSPS) is 10.4. The first-order valence-corrected chi connectivity index (χ1v) is 10.2. The molecule has 3 aromatic rings. The molecule has 0 aliphatic rings. The van der Waals surface area contributed by atoms with E-state index in [0.29, 0.717) is 21.8 Å². The van der Waals surface area contributed by atoms with Gasteiger partial charge in [0, 0.05) is 48.4 Å². The van der Waals surface area contributed by atoms with Crippen molar-refractivity contribution >= 4 is 40.9 Å². The molecule has 3 rings (SSSR count). The van der Waals surface area contributed by atoms with Crippen molar-refractivity contribution < 1.29 is 9.59 Å². The first-order chi connectivity index (χ1) is 13.9. The summed E-state index contributed by atoms with van der Waals surface area (Å²) in [4.78, 5) is 31.4. The molecule has 2 amide bonds. The average Bonchev–Trinajstić information content (AvgIpc) is 2.74. The van der Waals surface area contributed by atoms with Gasteiger partial charge in [0.05, 0.1) is 10.6 Å². The molecule has 1 aromatic heterocycles. The number of amides is 2. The molecule has 0 radical (unpaired) electrons. The second-order valence-electron chi connectivity index (χ2n) is 6.52. The van der Waals surface area contributed by atoms with Gasteiger partial charge >= 0.3 is 0 Å². The molecule has 148 valence electrons. The molecule has 7 heteroatoms. The fourth-order valence-electron chi connectivity index (χ4n) is 2.56. The van der Waals surface area contributed by atoms with Crippen molar-refractivity contribution in [1.82, 2.24) is 9.88 Å². The van der Waals surface area contributed by atoms with Crippen LogP contribution >= 0.6 is 23.4 Å². The Bertz CT molecular complexity index is 1010. The Morgan fingerprint density at radius 3 is 2.52 bits per heavy atom. The molecule has 2 aromatic carbocycles. The Kier molecular flexibility index (Phi) is 6.90. The standard InChI is InChI=1S/C22H20ClN3O2S/c1-26(2)22(28)19-12-17(7-10-20(19)23)25-21(27)16-5-8-18(9-6-16)29-14-15-4-3-11-24-13-15/h3-13H,14H2,1-2H3,(H,25,27). The minimum absolute atomic E-state index is 0.221. The van der Waals surface area contributed by atoms with Crippen molar-refractivity contribution in [3.05, 3.63) is 88.7 Å². The molecule has 0 fully saturated rings. The number of anilines is 1. The predicted molar refractivity (Wildman–Crippen MR) is 118 cm³/mol. The summed E-state index contributed by atoms with van der Waals surface area (Å²) in [6.45, 7) is 0. The molecular formula is C22H20ClN3O2S. The Morgan fingerprint density at radius 2 is 1.86 bits per heavy atom. The Morgan fingerprint density at radius 1 is 1.10 bits per heavy atom. The van der Waals surface area contributed by atoms with Crippen molar-refractivity contribution in [3.8, 4) is 0 Å². The highest BCUT2D eigenvalue weighted by Crippen LogP contribution is 2.24. The van der Waals surface area contributed by atoms with Crippen molar-refractivity contribution in [3.63, 3.8) is 0 Å². The fourth-order valence-corrected chi connectivity index (χ4v) is 3.59. The summed E-state index contributed by atoms with van der Waals surface area (Å²) in [6, 6.07) is 16.2. The maximum atomic E-state index is 12.6. The van der Waals surface area contributed by atoms with E-state index in [4.69, 9.17) is 11.6 Å². The van der Waals surface area contributed by atoms with Gasteiger partial charge in [0.1, 0.15) is 0 Å². The number of pyridine rings is 1. The van der Waals surface area contributed by atoms with Gasteiger partial charge in [-0.25, -0.2) is 0 Å². The number of aromatic nitrogens is 1. The highest BCUT2D eigenvalue weighted by atomic mass is 35.5. The van der Waals surface area contributed by atoms with Crippen LogP contribution in [-0.4, -0.2) is 35.8 Å². The summed E-state index contributed by atoms with van der Waals surface area (Å²) in [6.07, 6.45) is 3.60. The smallest absolute Gasteiger partial charge is 0.255 e. The molecule has 0 unspecified atom stereocenters. The van der Waals surface area contributed by atoms with E-state index in [1.54, 1.807) is 62.4 Å². The zero-order chi connectivity index (χ0) is 20.8. The lowest BCUT2D eigenvalue weighted by molar-refractivity contribution is 0.0827. The lowest BCUT2D eigenvalue weighted by Crippen LogP contribution is -2.22. The van der Waals surface area contributed by atoms with E-state index in [0.717, 1.165) is 16.2 Å². The zero-order valence-corrected chi connectivity index (χ0v) is 17.6. The van der Waals surface area contributed by atoms with Crippen molar-refractivity contribution in [2.75, 3.05) is 19.4 Å². The predicted octanol–water partition coefficient (Wildman–Crippen LogP) is 4.98. The lowest BCUT2D eigenvalue weighted by atomic mass is 10.1. The van der Waals surface area contributed by atoms with Crippen LogP contribution in [0.2, 0.25) is 5.02 Å². The highest BCUT2D eigenvalue weighted by molar-refractivity contribution is 7.98. The number of nitrogens with zero attached hydrogens (tertiary/aromatic N) is 2. The molecule has 0 saturated carbocycles. The largest absolute Gasteiger partial charge is 0.345 e. The van der Waals surface area contributed by atoms with Gasteiger partial charge in [0.25, 0.3) is 11.8 Å². The molecule has 0 aliphatic heterocycles. The molecule has 1 N–H and O–H groups in total. The van der Waals surface area contributed by atoms with E-state index in [2.05, 4.69) is 10.3 Å². The van der Waals surface area contributed by atoms with E-state index in [9.17, 15) is 9.59 Å². The van der Waals surface area contributed by atoms with E-state index >= 15 is 0 Å². The quantitative estimate of drug-likeness (QED) is 0.565. The highest BCUT2D eigenvalue weighted by Gasteiger charge is 2.14. The van der Waals surface area contributed by atoms with Crippen LogP contribution in [0.3, 0.4) is 0 Å². The van der Waals surface area contributed by atoms with Crippen molar-refractivity contribution in [1.29, 1.82) is 0 Å². The van der Waals surface area contributed by atoms with Crippen molar-refractivity contribution in [2.24, 2.45) is 0 Å². The van der Waals surface area contributed by atoms with E-state index in [1.807, 2.05) is 30.5 Å². The van der Waals surface area contributed by atoms with Crippen LogP contribution in [0, 0.1) is 0 Å². The van der Waals surface area contributed by atoms with Crippen LogP contribution in [0.15, 0.2) is 71.9 Å². The number of benzene rings is 2. The first-order valence-electron chi connectivity index (χ1n) is 8.88.